The molecule has 0 atom stereocenters. The van der Waals surface area contributed by atoms with Crippen LogP contribution in [0.15, 0.2) is 16.8 Å². The van der Waals surface area contributed by atoms with Crippen molar-refractivity contribution in [1.82, 2.24) is 20.3 Å². The number of halogens is 6. The van der Waals surface area contributed by atoms with Crippen molar-refractivity contribution in [1.29, 1.82) is 0 Å². The van der Waals surface area contributed by atoms with E-state index in [0.717, 1.165) is 12.1 Å². The second-order valence-electron chi connectivity index (χ2n) is 5.87. The van der Waals surface area contributed by atoms with E-state index in [9.17, 15) is 35.9 Å². The molecule has 152 valence electrons. The molecule has 3 aromatic rings. The van der Waals surface area contributed by atoms with E-state index in [1.165, 1.54) is 6.92 Å². The monoisotopic (exact) mass is 420 g/mol. The Hall–Kier alpha value is -3.65. The van der Waals surface area contributed by atoms with E-state index in [2.05, 4.69) is 24.9 Å². The fourth-order valence-electron chi connectivity index (χ4n) is 2.87. The van der Waals surface area contributed by atoms with Gasteiger partial charge in [0.05, 0.1) is 22.4 Å². The van der Waals surface area contributed by atoms with E-state index in [0.29, 0.717) is 5.82 Å². The normalized spacial score (nSPS) is 14.2. The number of rotatable bonds is 0. The van der Waals surface area contributed by atoms with E-state index >= 15 is 0 Å². The van der Waals surface area contributed by atoms with Gasteiger partial charge in [0, 0.05) is 0 Å². The van der Waals surface area contributed by atoms with Gasteiger partial charge in [-0.1, -0.05) is 0 Å². The molecule has 0 bridgehead atoms. The Morgan fingerprint density at radius 1 is 0.931 bits per heavy atom. The summed E-state index contributed by atoms with van der Waals surface area (Å²) in [6, 6.07) is 1.87. The number of hydrogen-bond donors (Lipinski definition) is 1. The maximum atomic E-state index is 13.1. The van der Waals surface area contributed by atoms with Crippen molar-refractivity contribution >= 4 is 45.9 Å². The molecule has 1 aliphatic heterocycles. The molecule has 0 spiro atoms. The molecule has 9 nitrogen and oxygen atoms in total. The molecule has 0 saturated heterocycles. The summed E-state index contributed by atoms with van der Waals surface area (Å²) in [6.07, 6.45) is -10.8. The number of aromatic amines is 1. The number of fused-ring (bicyclic) bond motifs is 3. The van der Waals surface area contributed by atoms with Gasteiger partial charge < -0.3 is 4.98 Å². The van der Waals surface area contributed by atoms with Gasteiger partial charge >= 0.3 is 24.2 Å². The summed E-state index contributed by atoms with van der Waals surface area (Å²) >= 11 is 0. The van der Waals surface area contributed by atoms with Crippen LogP contribution < -0.4 is 9.80 Å². The van der Waals surface area contributed by atoms with E-state index in [-0.39, 0.29) is 20.8 Å². The van der Waals surface area contributed by atoms with Crippen LogP contribution in [0.25, 0.3) is 11.0 Å². The maximum Gasteiger partial charge on any atom is 0.472 e. The lowest BCUT2D eigenvalue weighted by molar-refractivity contribution is -0.170. The summed E-state index contributed by atoms with van der Waals surface area (Å²) in [5.74, 6) is -6.69. The molecule has 15 heteroatoms. The molecule has 3 heterocycles. The first kappa shape index (κ1) is 18.7. The molecular weight excluding hydrogens is 414 g/mol. The molecule has 1 N–H and O–H groups in total. The highest BCUT2D eigenvalue weighted by Gasteiger charge is 2.53. The van der Waals surface area contributed by atoms with Crippen LogP contribution in [-0.2, 0) is 9.59 Å². The molecule has 29 heavy (non-hydrogen) atoms. The first-order valence-corrected chi connectivity index (χ1v) is 7.55. The van der Waals surface area contributed by atoms with Gasteiger partial charge in [0.1, 0.15) is 5.82 Å². The molecule has 1 aliphatic rings. The van der Waals surface area contributed by atoms with Gasteiger partial charge in [-0.15, -0.1) is 0 Å². The van der Waals surface area contributed by atoms with E-state index in [1.807, 2.05) is 0 Å². The van der Waals surface area contributed by atoms with Crippen LogP contribution in [0.2, 0.25) is 0 Å². The minimum atomic E-state index is -5.42. The molecule has 4 rings (SSSR count). The number of amides is 2. The van der Waals surface area contributed by atoms with Gasteiger partial charge in [-0.2, -0.15) is 26.3 Å². The number of nitrogens with one attached hydrogen (secondary N) is 1. The average molecular weight is 420 g/mol. The quantitative estimate of drug-likeness (QED) is 0.560. The topological polar surface area (TPSA) is 108 Å². The second-order valence-corrected chi connectivity index (χ2v) is 5.87. The number of alkyl halides is 6. The van der Waals surface area contributed by atoms with E-state index < -0.39 is 47.2 Å². The van der Waals surface area contributed by atoms with Crippen molar-refractivity contribution in [2.75, 3.05) is 9.80 Å². The Balaban J connectivity index is 2.05. The van der Waals surface area contributed by atoms with Crippen LogP contribution in [0.5, 0.6) is 0 Å². The zero-order valence-electron chi connectivity index (χ0n) is 13.9. The fraction of sp³-hybridized carbons (Fsp3) is 0.214. The zero-order chi connectivity index (χ0) is 21.3. The second kappa shape index (κ2) is 5.68. The number of nitrogens with zero attached hydrogens (tertiary/aromatic N) is 5. The molecule has 2 aromatic heterocycles. The summed E-state index contributed by atoms with van der Waals surface area (Å²) < 4.78 is 83.1. The highest BCUT2D eigenvalue weighted by atomic mass is 19.4. The van der Waals surface area contributed by atoms with Crippen molar-refractivity contribution in [3.8, 4) is 0 Å². The third-order valence-corrected chi connectivity index (χ3v) is 3.95. The Labute approximate surface area is 154 Å². The Morgan fingerprint density at radius 3 is 1.90 bits per heavy atom. The van der Waals surface area contributed by atoms with Crippen LogP contribution in [-0.4, -0.2) is 44.4 Å². The van der Waals surface area contributed by atoms with Crippen LogP contribution in [0, 0.1) is 6.92 Å². The molecule has 0 radical (unpaired) electrons. The molecule has 0 aliphatic carbocycles. The lowest BCUT2D eigenvalue weighted by atomic mass is 10.1. The molecule has 1 aromatic carbocycles. The van der Waals surface area contributed by atoms with E-state index in [4.69, 9.17) is 0 Å². The van der Waals surface area contributed by atoms with Crippen LogP contribution in [0.3, 0.4) is 0 Å². The summed E-state index contributed by atoms with van der Waals surface area (Å²) in [7, 11) is 0. The maximum absolute atomic E-state index is 13.1. The molecule has 0 saturated carbocycles. The summed E-state index contributed by atoms with van der Waals surface area (Å²) in [6.45, 7) is 1.49. The number of imidazole rings is 1. The number of hydrogen-bond acceptors (Lipinski definition) is 6. The lowest BCUT2D eigenvalue weighted by Crippen LogP contribution is -2.45. The zero-order valence-corrected chi connectivity index (χ0v) is 13.9. The minimum Gasteiger partial charge on any atom is -0.342 e. The van der Waals surface area contributed by atoms with Gasteiger partial charge in [0.25, 0.3) is 0 Å². The van der Waals surface area contributed by atoms with Crippen LogP contribution >= 0.6 is 0 Å². The minimum absolute atomic E-state index is 0.0169. The van der Waals surface area contributed by atoms with Gasteiger partial charge in [-0.3, -0.25) is 9.59 Å². The largest absolute Gasteiger partial charge is 0.472 e. The average Bonchev–Trinajstić information content (AvgIpc) is 3.20. The van der Waals surface area contributed by atoms with Crippen molar-refractivity contribution in [3.63, 3.8) is 0 Å². The van der Waals surface area contributed by atoms with Crippen molar-refractivity contribution in [2.24, 2.45) is 0 Å². The van der Waals surface area contributed by atoms with Crippen LogP contribution in [0.4, 0.5) is 49.4 Å². The smallest absolute Gasteiger partial charge is 0.342 e. The number of anilines is 4. The van der Waals surface area contributed by atoms with Crippen molar-refractivity contribution < 1.29 is 40.6 Å². The number of aromatic nitrogens is 4. The highest BCUT2D eigenvalue weighted by Crippen LogP contribution is 2.49. The fourth-order valence-corrected chi connectivity index (χ4v) is 2.87. The van der Waals surface area contributed by atoms with Gasteiger partial charge in [0.15, 0.2) is 0 Å². The van der Waals surface area contributed by atoms with Crippen molar-refractivity contribution in [2.45, 2.75) is 19.3 Å². The summed E-state index contributed by atoms with van der Waals surface area (Å²) in [5.41, 5.74) is -1.24. The Morgan fingerprint density at radius 2 is 1.41 bits per heavy atom. The number of aryl methyl sites for hydroxylation is 1. The predicted molar refractivity (Wildman–Crippen MR) is 81.5 cm³/mol. The van der Waals surface area contributed by atoms with Gasteiger partial charge in [-0.25, -0.2) is 19.4 Å². The number of carbonyl (C=O) groups is 2. The van der Waals surface area contributed by atoms with E-state index in [1.54, 1.807) is 0 Å². The first-order valence-electron chi connectivity index (χ1n) is 7.55. The predicted octanol–water partition coefficient (Wildman–Crippen LogP) is 3.02. The van der Waals surface area contributed by atoms with Crippen LogP contribution in [0.1, 0.15) is 5.82 Å². The molecule has 0 fully saturated rings. The van der Waals surface area contributed by atoms with Gasteiger partial charge in [-0.05, 0) is 29.4 Å². The standard InChI is InChI=1S/C14H6F6N6O3/c1-4-21-5-2-7-8(3-6(5)22-4)26(12(28)14(18,19)20)10-9(23-29-24-10)25(7)11(27)13(15,16)17/h2-3H,1H3,(H,21,22). The lowest BCUT2D eigenvalue weighted by Gasteiger charge is -2.33. The number of benzene rings is 1. The van der Waals surface area contributed by atoms with Gasteiger partial charge in [0.2, 0.25) is 11.6 Å². The molecule has 0 unspecified atom stereocenters. The van der Waals surface area contributed by atoms with Crippen molar-refractivity contribution in [3.05, 3.63) is 18.0 Å². The Bertz CT molecular complexity index is 1080. The summed E-state index contributed by atoms with van der Waals surface area (Å²) in [4.78, 5) is 30.6. The Kier molecular flexibility index (Phi) is 3.66. The SMILES string of the molecule is Cc1nc2cc3c(cc2[nH]1)N(C(=O)C(F)(F)F)c1nonc1N3C(=O)C(F)(F)F. The number of carbonyl (C=O) groups excluding carboxylic acids is 2. The first-order chi connectivity index (χ1) is 13.4. The highest BCUT2D eigenvalue weighted by molar-refractivity contribution is 6.18. The number of H-pyrrole nitrogens is 1. The summed E-state index contributed by atoms with van der Waals surface area (Å²) in [5, 5.41) is 6.20. The molecular formula is C14H6F6N6O3. The third-order valence-electron chi connectivity index (χ3n) is 3.95. The third kappa shape index (κ3) is 2.76. The molecule has 2 amide bonds.